The van der Waals surface area contributed by atoms with Crippen LogP contribution in [0.25, 0.3) is 0 Å². The number of rotatable bonds is 4. The Morgan fingerprint density at radius 2 is 1.67 bits per heavy atom. The van der Waals surface area contributed by atoms with Gasteiger partial charge in [-0.15, -0.1) is 0 Å². The number of hydrogen-bond acceptors (Lipinski definition) is 4. The van der Waals surface area contributed by atoms with Crippen LogP contribution in [-0.2, 0) is 0 Å². The topological polar surface area (TPSA) is 39.7 Å². The van der Waals surface area contributed by atoms with Gasteiger partial charge in [-0.2, -0.15) is 0 Å². The minimum atomic E-state index is 0.301. The number of hydrogen-bond donors (Lipinski definition) is 1. The summed E-state index contributed by atoms with van der Waals surface area (Å²) >= 11 is 0. The van der Waals surface area contributed by atoms with Crippen LogP contribution in [0.2, 0.25) is 0 Å². The average Bonchev–Trinajstić information content (AvgIpc) is 2.46. The van der Waals surface area contributed by atoms with Crippen molar-refractivity contribution in [1.82, 2.24) is 5.32 Å². The highest BCUT2D eigenvalue weighted by Crippen LogP contribution is 2.40. The van der Waals surface area contributed by atoms with Crippen LogP contribution >= 0.6 is 0 Å². The van der Waals surface area contributed by atoms with Gasteiger partial charge in [-0.05, 0) is 19.4 Å². The van der Waals surface area contributed by atoms with Gasteiger partial charge in [0.05, 0.1) is 26.9 Å². The first-order valence-electron chi connectivity index (χ1n) is 6.33. The molecule has 1 fully saturated rings. The molecule has 0 spiro atoms. The second-order valence-electron chi connectivity index (χ2n) is 4.45. The monoisotopic (exact) mass is 251 g/mol. The number of benzene rings is 1. The fraction of sp³-hybridized carbons (Fsp3) is 0.571. The molecule has 1 atom stereocenters. The molecule has 1 aliphatic heterocycles. The maximum absolute atomic E-state index is 5.48. The van der Waals surface area contributed by atoms with Gasteiger partial charge in [0.15, 0.2) is 0 Å². The third-order valence-electron chi connectivity index (χ3n) is 3.41. The predicted molar refractivity (Wildman–Crippen MR) is 70.7 cm³/mol. The highest BCUT2D eigenvalue weighted by Gasteiger charge is 2.23. The molecule has 0 saturated carbocycles. The van der Waals surface area contributed by atoms with Crippen molar-refractivity contribution >= 4 is 0 Å². The predicted octanol–water partition coefficient (Wildman–Crippen LogP) is 2.53. The molecular weight excluding hydrogens is 230 g/mol. The molecule has 0 aliphatic carbocycles. The Morgan fingerprint density at radius 1 is 1.00 bits per heavy atom. The van der Waals surface area contributed by atoms with Gasteiger partial charge in [-0.1, -0.05) is 6.42 Å². The number of ether oxygens (including phenoxy) is 3. The van der Waals surface area contributed by atoms with E-state index in [1.165, 1.54) is 12.8 Å². The normalized spacial score (nSPS) is 19.4. The molecule has 1 aromatic carbocycles. The molecule has 2 rings (SSSR count). The second kappa shape index (κ2) is 5.96. The summed E-state index contributed by atoms with van der Waals surface area (Å²) in [6.07, 6.45) is 3.58. The van der Waals surface area contributed by atoms with Crippen molar-refractivity contribution in [2.24, 2.45) is 0 Å². The summed E-state index contributed by atoms with van der Waals surface area (Å²) < 4.78 is 16.2. The first-order chi connectivity index (χ1) is 8.80. The van der Waals surface area contributed by atoms with E-state index in [1.807, 2.05) is 12.1 Å². The summed E-state index contributed by atoms with van der Waals surface area (Å²) in [5, 5.41) is 3.52. The Hall–Kier alpha value is -1.42. The lowest BCUT2D eigenvalue weighted by Crippen LogP contribution is -2.27. The molecule has 1 N–H and O–H groups in total. The minimum Gasteiger partial charge on any atom is -0.496 e. The first kappa shape index (κ1) is 13.0. The lowest BCUT2D eigenvalue weighted by Gasteiger charge is -2.27. The summed E-state index contributed by atoms with van der Waals surface area (Å²) in [7, 11) is 5.01. The molecule has 1 saturated heterocycles. The van der Waals surface area contributed by atoms with Crippen molar-refractivity contribution in [2.75, 3.05) is 27.9 Å². The van der Waals surface area contributed by atoms with Gasteiger partial charge >= 0.3 is 0 Å². The zero-order chi connectivity index (χ0) is 13.0. The fourth-order valence-corrected chi connectivity index (χ4v) is 2.47. The summed E-state index contributed by atoms with van der Waals surface area (Å²) in [4.78, 5) is 0. The van der Waals surface area contributed by atoms with Crippen molar-refractivity contribution in [3.8, 4) is 17.2 Å². The molecule has 1 aromatic rings. The van der Waals surface area contributed by atoms with E-state index in [9.17, 15) is 0 Å². The molecule has 0 unspecified atom stereocenters. The molecule has 18 heavy (non-hydrogen) atoms. The number of piperidine rings is 1. The molecular formula is C14H21NO3. The number of nitrogens with one attached hydrogen (secondary N) is 1. The van der Waals surface area contributed by atoms with Crippen LogP contribution in [0.4, 0.5) is 0 Å². The molecule has 4 heteroatoms. The maximum Gasteiger partial charge on any atom is 0.131 e. The smallest absolute Gasteiger partial charge is 0.131 e. The van der Waals surface area contributed by atoms with Crippen LogP contribution in [0.3, 0.4) is 0 Å². The molecule has 1 heterocycles. The van der Waals surface area contributed by atoms with Gasteiger partial charge in [0.1, 0.15) is 17.2 Å². The van der Waals surface area contributed by atoms with E-state index in [0.29, 0.717) is 6.04 Å². The van der Waals surface area contributed by atoms with Crippen LogP contribution in [0.15, 0.2) is 12.1 Å². The van der Waals surface area contributed by atoms with Crippen LogP contribution in [0.5, 0.6) is 17.2 Å². The molecule has 0 bridgehead atoms. The van der Waals surface area contributed by atoms with Gasteiger partial charge in [0.2, 0.25) is 0 Å². The Labute approximate surface area is 108 Å². The number of methoxy groups -OCH3 is 3. The Morgan fingerprint density at radius 3 is 2.11 bits per heavy atom. The first-order valence-corrected chi connectivity index (χ1v) is 6.33. The lowest BCUT2D eigenvalue weighted by molar-refractivity contribution is 0.340. The van der Waals surface area contributed by atoms with E-state index >= 15 is 0 Å². The van der Waals surface area contributed by atoms with Gasteiger partial charge in [-0.25, -0.2) is 0 Å². The van der Waals surface area contributed by atoms with Gasteiger partial charge in [0, 0.05) is 18.2 Å². The zero-order valence-corrected chi connectivity index (χ0v) is 11.3. The molecule has 4 nitrogen and oxygen atoms in total. The van der Waals surface area contributed by atoms with Crippen LogP contribution < -0.4 is 19.5 Å². The van der Waals surface area contributed by atoms with Crippen LogP contribution in [-0.4, -0.2) is 27.9 Å². The Bertz CT molecular complexity index is 375. The highest BCUT2D eigenvalue weighted by molar-refractivity contribution is 5.52. The van der Waals surface area contributed by atoms with Gasteiger partial charge < -0.3 is 19.5 Å². The van der Waals surface area contributed by atoms with E-state index < -0.39 is 0 Å². The average molecular weight is 251 g/mol. The van der Waals surface area contributed by atoms with E-state index in [2.05, 4.69) is 5.32 Å². The maximum atomic E-state index is 5.48. The third-order valence-corrected chi connectivity index (χ3v) is 3.41. The SMILES string of the molecule is COc1cc(OC)c([C@@H]2CCCCN2)c(OC)c1. The van der Waals surface area contributed by atoms with Crippen LogP contribution in [0, 0.1) is 0 Å². The molecule has 1 aliphatic rings. The van der Waals surface area contributed by atoms with Crippen LogP contribution in [0.1, 0.15) is 30.9 Å². The molecule has 100 valence electrons. The van der Waals surface area contributed by atoms with E-state index in [-0.39, 0.29) is 0 Å². The summed E-state index contributed by atoms with van der Waals surface area (Å²) in [6, 6.07) is 4.12. The summed E-state index contributed by atoms with van der Waals surface area (Å²) in [6.45, 7) is 1.04. The van der Waals surface area contributed by atoms with E-state index in [0.717, 1.165) is 35.8 Å². The summed E-state index contributed by atoms with van der Waals surface area (Å²) in [5.41, 5.74) is 1.10. The van der Waals surface area contributed by atoms with E-state index in [1.54, 1.807) is 21.3 Å². The Kier molecular flexibility index (Phi) is 4.31. The molecule has 0 aromatic heterocycles. The van der Waals surface area contributed by atoms with Crippen molar-refractivity contribution in [3.63, 3.8) is 0 Å². The second-order valence-corrected chi connectivity index (χ2v) is 4.45. The lowest BCUT2D eigenvalue weighted by atomic mass is 9.95. The van der Waals surface area contributed by atoms with Gasteiger partial charge in [0.25, 0.3) is 0 Å². The quantitative estimate of drug-likeness (QED) is 0.892. The summed E-state index contributed by atoms with van der Waals surface area (Å²) in [5.74, 6) is 2.40. The van der Waals surface area contributed by atoms with Crippen molar-refractivity contribution in [2.45, 2.75) is 25.3 Å². The Balaban J connectivity index is 2.41. The largest absolute Gasteiger partial charge is 0.496 e. The van der Waals surface area contributed by atoms with Crippen molar-refractivity contribution < 1.29 is 14.2 Å². The molecule has 0 radical (unpaired) electrons. The standard InChI is InChI=1S/C14H21NO3/c1-16-10-8-12(17-2)14(13(9-10)18-3)11-6-4-5-7-15-11/h8-9,11,15H,4-7H2,1-3H3/t11-/m0/s1. The van der Waals surface area contributed by atoms with Crippen molar-refractivity contribution in [1.29, 1.82) is 0 Å². The minimum absolute atomic E-state index is 0.301. The van der Waals surface area contributed by atoms with E-state index in [4.69, 9.17) is 14.2 Å². The van der Waals surface area contributed by atoms with Crippen molar-refractivity contribution in [3.05, 3.63) is 17.7 Å². The fourth-order valence-electron chi connectivity index (χ4n) is 2.47. The zero-order valence-electron chi connectivity index (χ0n) is 11.3. The highest BCUT2D eigenvalue weighted by atomic mass is 16.5. The third kappa shape index (κ3) is 2.53. The van der Waals surface area contributed by atoms with Gasteiger partial charge in [-0.3, -0.25) is 0 Å². The molecule has 0 amide bonds.